The van der Waals surface area contributed by atoms with Crippen molar-refractivity contribution in [3.05, 3.63) is 27.7 Å². The minimum absolute atomic E-state index is 0.0888. The van der Waals surface area contributed by atoms with E-state index in [1.54, 1.807) is 6.07 Å². The van der Waals surface area contributed by atoms with Gasteiger partial charge in [-0.2, -0.15) is 9.98 Å². The highest BCUT2D eigenvalue weighted by molar-refractivity contribution is 7.89. The van der Waals surface area contributed by atoms with E-state index in [1.165, 1.54) is 0 Å². The van der Waals surface area contributed by atoms with Crippen molar-refractivity contribution in [1.82, 2.24) is 4.72 Å². The van der Waals surface area contributed by atoms with Crippen LogP contribution in [-0.4, -0.2) is 26.0 Å². The van der Waals surface area contributed by atoms with Gasteiger partial charge in [0.2, 0.25) is 10.0 Å². The quantitative estimate of drug-likeness (QED) is 0.819. The number of carbonyl (C=O) groups is 1. The average molecular weight is 309 g/mol. The molecule has 0 spiro atoms. The van der Waals surface area contributed by atoms with Gasteiger partial charge in [-0.15, -0.1) is 0 Å². The molecule has 6 nitrogen and oxygen atoms in total. The van der Waals surface area contributed by atoms with Crippen LogP contribution >= 0.6 is 23.2 Å². The van der Waals surface area contributed by atoms with Crippen molar-refractivity contribution in [2.75, 3.05) is 6.54 Å². The molecule has 0 aromatic heterocycles. The Labute approximate surface area is 113 Å². The zero-order chi connectivity index (χ0) is 13.9. The van der Waals surface area contributed by atoms with E-state index < -0.39 is 38.0 Å². The van der Waals surface area contributed by atoms with Gasteiger partial charge >= 0.3 is 5.97 Å². The number of carboxylic acids is 1. The summed E-state index contributed by atoms with van der Waals surface area (Å²) < 4.78 is 25.4. The smallest absolute Gasteiger partial charge is 0.337 e. The fourth-order valence-electron chi connectivity index (χ4n) is 1.12. The van der Waals surface area contributed by atoms with Crippen LogP contribution in [0.4, 0.5) is 0 Å². The maximum Gasteiger partial charge on any atom is 0.337 e. The molecule has 0 radical (unpaired) electrons. The molecule has 9 heteroatoms. The summed E-state index contributed by atoms with van der Waals surface area (Å²) in [6.45, 7) is -0.465. The fraction of sp³-hybridized carbons (Fsp3) is 0.111. The van der Waals surface area contributed by atoms with Crippen molar-refractivity contribution in [2.24, 2.45) is 0 Å². The largest absolute Gasteiger partial charge is 0.478 e. The summed E-state index contributed by atoms with van der Waals surface area (Å²) in [7, 11) is -4.08. The maximum atomic E-state index is 11.7. The lowest BCUT2D eigenvalue weighted by molar-refractivity contribution is 0.0697. The number of benzene rings is 1. The van der Waals surface area contributed by atoms with Gasteiger partial charge in [0, 0.05) is 5.02 Å². The van der Waals surface area contributed by atoms with Gasteiger partial charge in [-0.25, -0.2) is 13.2 Å². The third-order valence-electron chi connectivity index (χ3n) is 1.87. The fourth-order valence-corrected chi connectivity index (χ4v) is 2.94. The van der Waals surface area contributed by atoms with Crippen molar-refractivity contribution < 1.29 is 18.3 Å². The second kappa shape index (κ2) is 5.54. The van der Waals surface area contributed by atoms with Gasteiger partial charge in [0.05, 0.1) is 23.2 Å². The van der Waals surface area contributed by atoms with Gasteiger partial charge in [0.1, 0.15) is 4.90 Å². The summed E-state index contributed by atoms with van der Waals surface area (Å²) in [6.07, 6.45) is 0. The minimum atomic E-state index is -4.08. The molecule has 18 heavy (non-hydrogen) atoms. The van der Waals surface area contributed by atoms with Gasteiger partial charge in [-0.1, -0.05) is 23.2 Å². The first-order valence-electron chi connectivity index (χ1n) is 4.38. The average Bonchev–Trinajstić information content (AvgIpc) is 2.28. The van der Waals surface area contributed by atoms with Crippen LogP contribution in [0.1, 0.15) is 10.4 Å². The highest BCUT2D eigenvalue weighted by Crippen LogP contribution is 2.29. The predicted molar refractivity (Wildman–Crippen MR) is 64.2 cm³/mol. The first-order valence-corrected chi connectivity index (χ1v) is 6.62. The molecular formula is C9H6Cl2N2O4S. The van der Waals surface area contributed by atoms with Crippen molar-refractivity contribution in [3.8, 4) is 6.07 Å². The molecule has 0 aliphatic heterocycles. The van der Waals surface area contributed by atoms with Gasteiger partial charge < -0.3 is 5.11 Å². The molecule has 0 bridgehead atoms. The lowest BCUT2D eigenvalue weighted by atomic mass is 10.2. The lowest BCUT2D eigenvalue weighted by Gasteiger charge is -2.08. The molecule has 0 heterocycles. The van der Waals surface area contributed by atoms with E-state index in [9.17, 15) is 13.2 Å². The number of sulfonamides is 1. The predicted octanol–water partition coefficient (Wildman–Crippen LogP) is 1.49. The van der Waals surface area contributed by atoms with Crippen molar-refractivity contribution in [1.29, 1.82) is 5.26 Å². The molecule has 0 amide bonds. The first-order chi connectivity index (χ1) is 8.29. The van der Waals surface area contributed by atoms with Crippen LogP contribution in [0.25, 0.3) is 0 Å². The van der Waals surface area contributed by atoms with Gasteiger partial charge in [-0.05, 0) is 12.1 Å². The molecule has 0 unspecified atom stereocenters. The third-order valence-corrected chi connectivity index (χ3v) is 4.03. The van der Waals surface area contributed by atoms with E-state index in [4.69, 9.17) is 33.6 Å². The van der Waals surface area contributed by atoms with Gasteiger partial charge in [-0.3, -0.25) is 0 Å². The SMILES string of the molecule is N#CCNS(=O)(=O)c1cc(Cl)cc(C(=O)O)c1Cl. The van der Waals surface area contributed by atoms with E-state index in [0.29, 0.717) is 0 Å². The Kier molecular flexibility index (Phi) is 4.53. The van der Waals surface area contributed by atoms with Crippen LogP contribution in [0.2, 0.25) is 10.0 Å². The highest BCUT2D eigenvalue weighted by atomic mass is 35.5. The Morgan fingerprint density at radius 2 is 2.06 bits per heavy atom. The second-order valence-corrected chi connectivity index (χ2v) is 5.60. The first kappa shape index (κ1) is 14.7. The molecule has 1 rings (SSSR count). The van der Waals surface area contributed by atoms with Crippen LogP contribution in [0.15, 0.2) is 17.0 Å². The Bertz CT molecular complexity index is 637. The number of halogens is 2. The van der Waals surface area contributed by atoms with Crippen LogP contribution in [-0.2, 0) is 10.0 Å². The Morgan fingerprint density at radius 3 is 2.56 bits per heavy atom. The summed E-state index contributed by atoms with van der Waals surface area (Å²) in [4.78, 5) is 10.4. The summed E-state index contributed by atoms with van der Waals surface area (Å²) in [5.41, 5.74) is -0.429. The number of nitrogens with zero attached hydrogens (tertiary/aromatic N) is 1. The zero-order valence-corrected chi connectivity index (χ0v) is 11.0. The number of hydrogen-bond acceptors (Lipinski definition) is 4. The van der Waals surface area contributed by atoms with E-state index in [1.807, 2.05) is 4.72 Å². The normalized spacial score (nSPS) is 10.9. The Balaban J connectivity index is 3.43. The molecule has 0 atom stereocenters. The molecule has 0 saturated carbocycles. The van der Waals surface area contributed by atoms with Crippen LogP contribution in [0, 0.1) is 11.3 Å². The summed E-state index contributed by atoms with van der Waals surface area (Å²) in [6, 6.07) is 3.63. The maximum absolute atomic E-state index is 11.7. The molecule has 0 aliphatic rings. The third kappa shape index (κ3) is 3.11. The summed E-state index contributed by atoms with van der Waals surface area (Å²) in [5, 5.41) is 16.6. The van der Waals surface area contributed by atoms with E-state index in [0.717, 1.165) is 12.1 Å². The van der Waals surface area contributed by atoms with Crippen molar-refractivity contribution in [2.45, 2.75) is 4.90 Å². The Hall–Kier alpha value is -1.33. The monoisotopic (exact) mass is 308 g/mol. The number of aromatic carboxylic acids is 1. The van der Waals surface area contributed by atoms with E-state index >= 15 is 0 Å². The molecule has 96 valence electrons. The molecule has 0 saturated heterocycles. The van der Waals surface area contributed by atoms with Crippen molar-refractivity contribution in [3.63, 3.8) is 0 Å². The number of carboxylic acid groups (broad SMARTS) is 1. The lowest BCUT2D eigenvalue weighted by Crippen LogP contribution is -2.24. The number of rotatable bonds is 4. The number of nitriles is 1. The molecule has 1 aromatic rings. The van der Waals surface area contributed by atoms with Crippen LogP contribution < -0.4 is 4.72 Å². The second-order valence-electron chi connectivity index (χ2n) is 3.05. The van der Waals surface area contributed by atoms with Gasteiger partial charge in [0.15, 0.2) is 0 Å². The van der Waals surface area contributed by atoms with Crippen LogP contribution in [0.5, 0.6) is 0 Å². The Morgan fingerprint density at radius 1 is 1.44 bits per heavy atom. The zero-order valence-electron chi connectivity index (χ0n) is 8.65. The molecule has 0 aliphatic carbocycles. The van der Waals surface area contributed by atoms with Crippen LogP contribution in [0.3, 0.4) is 0 Å². The van der Waals surface area contributed by atoms with Crippen molar-refractivity contribution >= 4 is 39.2 Å². The van der Waals surface area contributed by atoms with E-state index in [-0.39, 0.29) is 5.02 Å². The molecule has 1 aromatic carbocycles. The summed E-state index contributed by atoms with van der Waals surface area (Å²) in [5.74, 6) is -1.40. The summed E-state index contributed by atoms with van der Waals surface area (Å²) >= 11 is 11.3. The molecule has 2 N–H and O–H groups in total. The molecular weight excluding hydrogens is 303 g/mol. The molecule has 0 fully saturated rings. The standard InChI is InChI=1S/C9H6Cl2N2O4S/c10-5-3-6(9(14)15)8(11)7(4-5)18(16,17)13-2-1-12/h3-4,13H,2H2,(H,14,15). The number of hydrogen-bond donors (Lipinski definition) is 2. The minimum Gasteiger partial charge on any atom is -0.478 e. The van der Waals surface area contributed by atoms with Gasteiger partial charge in [0.25, 0.3) is 0 Å². The highest BCUT2D eigenvalue weighted by Gasteiger charge is 2.23. The number of nitrogens with one attached hydrogen (secondary N) is 1. The topological polar surface area (TPSA) is 107 Å². The van der Waals surface area contributed by atoms with E-state index in [2.05, 4.69) is 0 Å².